The Bertz CT molecular complexity index is 551. The van der Waals surface area contributed by atoms with Crippen LogP contribution in [0.15, 0.2) is 6.07 Å². The van der Waals surface area contributed by atoms with Gasteiger partial charge in [-0.15, -0.1) is 0 Å². The van der Waals surface area contributed by atoms with Crippen molar-refractivity contribution in [2.75, 3.05) is 47.4 Å². The molecule has 1 saturated heterocycles. The predicted octanol–water partition coefficient (Wildman–Crippen LogP) is 2.35. The molecule has 24 heavy (non-hydrogen) atoms. The number of methoxy groups -OCH3 is 1. The number of ether oxygens (including phenoxy) is 1. The van der Waals surface area contributed by atoms with E-state index in [0.29, 0.717) is 12.6 Å². The number of nitrogens with zero attached hydrogens (tertiary/aromatic N) is 3. The Morgan fingerprint density at radius 1 is 1.38 bits per heavy atom. The summed E-state index contributed by atoms with van der Waals surface area (Å²) in [5, 5.41) is 0. The number of piperidine rings is 1. The van der Waals surface area contributed by atoms with Gasteiger partial charge in [-0.05, 0) is 59.8 Å². The van der Waals surface area contributed by atoms with Crippen LogP contribution in [0, 0.1) is 13.8 Å². The number of hydrogen-bond donors (Lipinski definition) is 0. The molecule has 2 rings (SSSR count). The molecule has 1 aliphatic rings. The first-order chi connectivity index (χ1) is 11.4. The molecule has 0 saturated carbocycles. The molecule has 0 spiro atoms. The highest BCUT2D eigenvalue weighted by Crippen LogP contribution is 2.19. The van der Waals surface area contributed by atoms with Crippen LogP contribution in [0.5, 0.6) is 0 Å². The lowest BCUT2D eigenvalue weighted by Crippen LogP contribution is -2.46. The summed E-state index contributed by atoms with van der Waals surface area (Å²) >= 11 is 0. The fourth-order valence-corrected chi connectivity index (χ4v) is 3.68. The van der Waals surface area contributed by atoms with Gasteiger partial charge in [-0.25, -0.2) is 0 Å². The smallest absolute Gasteiger partial charge is 0.178 e. The molecule has 1 aliphatic heterocycles. The standard InChI is InChI=1S/C19H33N3O2/c1-15-12-18(16(2)22(15)10-7-11-24-5)19(23)14-21-9-6-8-17(13-21)20(3)4/h12,17H,6-11,13-14H2,1-5H3. The molecule has 136 valence electrons. The lowest BCUT2D eigenvalue weighted by Gasteiger charge is -2.35. The summed E-state index contributed by atoms with van der Waals surface area (Å²) in [6.45, 7) is 8.36. The van der Waals surface area contributed by atoms with Crippen LogP contribution < -0.4 is 0 Å². The minimum absolute atomic E-state index is 0.250. The molecule has 0 N–H and O–H groups in total. The van der Waals surface area contributed by atoms with Gasteiger partial charge in [0.25, 0.3) is 0 Å². The third-order valence-corrected chi connectivity index (χ3v) is 5.18. The number of ketones is 1. The zero-order valence-electron chi connectivity index (χ0n) is 16.0. The molecular formula is C19H33N3O2. The molecule has 0 amide bonds. The first kappa shape index (κ1) is 19.2. The van der Waals surface area contributed by atoms with Gasteiger partial charge in [-0.2, -0.15) is 0 Å². The Hall–Kier alpha value is -1.17. The van der Waals surface area contributed by atoms with Crippen LogP contribution in [0.4, 0.5) is 0 Å². The lowest BCUT2D eigenvalue weighted by atomic mass is 10.0. The number of Topliss-reactive ketones (excluding diaryl/α,β-unsaturated/α-hetero) is 1. The zero-order valence-corrected chi connectivity index (χ0v) is 16.0. The van der Waals surface area contributed by atoms with Crippen molar-refractivity contribution in [3.05, 3.63) is 23.0 Å². The van der Waals surface area contributed by atoms with Crippen LogP contribution in [-0.4, -0.2) is 73.6 Å². The number of likely N-dealkylation sites (tertiary alicyclic amines) is 1. The van der Waals surface area contributed by atoms with Gasteiger partial charge in [-0.1, -0.05) is 0 Å². The van der Waals surface area contributed by atoms with Gasteiger partial charge >= 0.3 is 0 Å². The lowest BCUT2D eigenvalue weighted by molar-refractivity contribution is 0.0851. The van der Waals surface area contributed by atoms with Crippen LogP contribution in [0.3, 0.4) is 0 Å². The Balaban J connectivity index is 2.00. The molecule has 2 heterocycles. The maximum atomic E-state index is 12.8. The van der Waals surface area contributed by atoms with Crippen molar-refractivity contribution in [1.82, 2.24) is 14.4 Å². The molecule has 1 aromatic heterocycles. The van der Waals surface area contributed by atoms with Gasteiger partial charge in [-0.3, -0.25) is 9.69 Å². The van der Waals surface area contributed by atoms with E-state index in [-0.39, 0.29) is 5.78 Å². The highest BCUT2D eigenvalue weighted by atomic mass is 16.5. The minimum Gasteiger partial charge on any atom is -0.385 e. The maximum absolute atomic E-state index is 12.8. The van der Waals surface area contributed by atoms with Gasteiger partial charge in [0.05, 0.1) is 6.54 Å². The first-order valence-electron chi connectivity index (χ1n) is 9.01. The van der Waals surface area contributed by atoms with Crippen molar-refractivity contribution in [2.45, 2.75) is 45.7 Å². The number of aromatic nitrogens is 1. The monoisotopic (exact) mass is 335 g/mol. The zero-order chi connectivity index (χ0) is 17.7. The predicted molar refractivity (Wildman–Crippen MR) is 97.9 cm³/mol. The van der Waals surface area contributed by atoms with Crippen LogP contribution in [-0.2, 0) is 11.3 Å². The molecule has 1 atom stereocenters. The first-order valence-corrected chi connectivity index (χ1v) is 9.01. The highest BCUT2D eigenvalue weighted by Gasteiger charge is 2.24. The molecule has 1 unspecified atom stereocenters. The van der Waals surface area contributed by atoms with Gasteiger partial charge in [0, 0.05) is 49.8 Å². The summed E-state index contributed by atoms with van der Waals surface area (Å²) < 4.78 is 7.38. The molecule has 5 nitrogen and oxygen atoms in total. The van der Waals surface area contributed by atoms with E-state index >= 15 is 0 Å². The number of rotatable bonds is 8. The van der Waals surface area contributed by atoms with Crippen molar-refractivity contribution in [3.63, 3.8) is 0 Å². The fraction of sp³-hybridized carbons (Fsp3) is 0.737. The van der Waals surface area contributed by atoms with Gasteiger partial charge in [0.1, 0.15) is 0 Å². The average molecular weight is 335 g/mol. The van der Waals surface area contributed by atoms with Gasteiger partial charge in [0.2, 0.25) is 0 Å². The molecule has 0 radical (unpaired) electrons. The second kappa shape index (κ2) is 8.79. The van der Waals surface area contributed by atoms with E-state index in [0.717, 1.165) is 49.6 Å². The van der Waals surface area contributed by atoms with Crippen molar-refractivity contribution in [2.24, 2.45) is 0 Å². The van der Waals surface area contributed by atoms with E-state index in [4.69, 9.17) is 4.74 Å². The second-order valence-electron chi connectivity index (χ2n) is 7.20. The summed E-state index contributed by atoms with van der Waals surface area (Å²) in [7, 11) is 5.98. The second-order valence-corrected chi connectivity index (χ2v) is 7.20. The van der Waals surface area contributed by atoms with E-state index in [1.165, 1.54) is 12.8 Å². The van der Waals surface area contributed by atoms with Gasteiger partial charge in [0.15, 0.2) is 5.78 Å². The quantitative estimate of drug-likeness (QED) is 0.540. The van der Waals surface area contributed by atoms with E-state index in [1.54, 1.807) is 7.11 Å². The van der Waals surface area contributed by atoms with Crippen LogP contribution in [0.25, 0.3) is 0 Å². The van der Waals surface area contributed by atoms with Gasteiger partial charge < -0.3 is 14.2 Å². The molecule has 5 heteroatoms. The number of aryl methyl sites for hydroxylation is 1. The summed E-state index contributed by atoms with van der Waals surface area (Å²) in [4.78, 5) is 17.4. The van der Waals surface area contributed by atoms with E-state index in [9.17, 15) is 4.79 Å². The Labute approximate surface area is 146 Å². The van der Waals surface area contributed by atoms with Crippen LogP contribution >= 0.6 is 0 Å². The van der Waals surface area contributed by atoms with Crippen molar-refractivity contribution in [3.8, 4) is 0 Å². The van der Waals surface area contributed by atoms with Crippen molar-refractivity contribution >= 4 is 5.78 Å². The van der Waals surface area contributed by atoms with E-state index in [2.05, 4.69) is 48.4 Å². The normalized spacial score (nSPS) is 19.2. The van der Waals surface area contributed by atoms with Crippen LogP contribution in [0.1, 0.15) is 41.0 Å². The molecule has 1 aromatic rings. The summed E-state index contributed by atoms with van der Waals surface area (Å²) in [5.41, 5.74) is 3.14. The average Bonchev–Trinajstić information content (AvgIpc) is 2.83. The topological polar surface area (TPSA) is 37.7 Å². The minimum atomic E-state index is 0.250. The molecule has 0 aliphatic carbocycles. The molecular weight excluding hydrogens is 302 g/mol. The Morgan fingerprint density at radius 2 is 2.12 bits per heavy atom. The summed E-state index contributed by atoms with van der Waals surface area (Å²) in [5.74, 6) is 0.250. The molecule has 1 fully saturated rings. The maximum Gasteiger partial charge on any atom is 0.178 e. The third kappa shape index (κ3) is 4.68. The number of carbonyl (C=O) groups is 1. The SMILES string of the molecule is COCCCn1c(C)cc(C(=O)CN2CCCC(N(C)C)C2)c1C. The molecule has 0 aromatic carbocycles. The molecule has 0 bridgehead atoms. The summed E-state index contributed by atoms with van der Waals surface area (Å²) in [6, 6.07) is 2.62. The van der Waals surface area contributed by atoms with E-state index in [1.807, 2.05) is 0 Å². The van der Waals surface area contributed by atoms with Crippen LogP contribution in [0.2, 0.25) is 0 Å². The fourth-order valence-electron chi connectivity index (χ4n) is 3.68. The Morgan fingerprint density at radius 3 is 2.79 bits per heavy atom. The van der Waals surface area contributed by atoms with E-state index < -0.39 is 0 Å². The number of hydrogen-bond acceptors (Lipinski definition) is 4. The largest absolute Gasteiger partial charge is 0.385 e. The summed E-state index contributed by atoms with van der Waals surface area (Å²) in [6.07, 6.45) is 3.37. The van der Waals surface area contributed by atoms with Crippen molar-refractivity contribution in [1.29, 1.82) is 0 Å². The number of likely N-dealkylation sites (N-methyl/N-ethyl adjacent to an activating group) is 1. The Kier molecular flexibility index (Phi) is 7.02. The third-order valence-electron chi connectivity index (χ3n) is 5.18. The van der Waals surface area contributed by atoms with Crippen molar-refractivity contribution < 1.29 is 9.53 Å². The highest BCUT2D eigenvalue weighted by molar-refractivity contribution is 5.99. The number of carbonyl (C=O) groups excluding carboxylic acids is 1.